The van der Waals surface area contributed by atoms with Crippen molar-refractivity contribution < 1.29 is 32.1 Å². The minimum Gasteiger partial charge on any atom is -0.497 e. The van der Waals surface area contributed by atoms with Crippen molar-refractivity contribution >= 4 is 30.5 Å². The standard InChI is InChI=1S/C27H28FN4O6P/c1-5-26(33)31-21-10-19(11-22(14-21)35-4)20-12-23-24(18-8-9-29-25(28)13-18)16-32(27(23)30-15-20)17-38-39(34,36-6-2)37-7-3/h5,8-16H,1,6-7,17H2,2-4H3,(H,31,33). The average molecular weight is 555 g/mol. The summed E-state index contributed by atoms with van der Waals surface area (Å²) in [6.45, 7) is 6.95. The van der Waals surface area contributed by atoms with Crippen LogP contribution in [0, 0.1) is 5.95 Å². The van der Waals surface area contributed by atoms with Crippen LogP contribution in [0.3, 0.4) is 0 Å². The molecule has 0 aliphatic heterocycles. The van der Waals surface area contributed by atoms with Crippen LogP contribution >= 0.6 is 7.82 Å². The van der Waals surface area contributed by atoms with E-state index in [9.17, 15) is 13.8 Å². The van der Waals surface area contributed by atoms with Gasteiger partial charge in [-0.15, -0.1) is 0 Å². The van der Waals surface area contributed by atoms with Gasteiger partial charge in [-0.25, -0.2) is 14.5 Å². The number of amides is 1. The smallest absolute Gasteiger partial charge is 0.476 e. The highest BCUT2D eigenvalue weighted by atomic mass is 31.2. The molecular formula is C27H28FN4O6P. The second kappa shape index (κ2) is 12.3. The Bertz CT molecular complexity index is 1550. The molecule has 10 nitrogen and oxygen atoms in total. The van der Waals surface area contributed by atoms with Crippen LogP contribution in [0.1, 0.15) is 13.8 Å². The van der Waals surface area contributed by atoms with Gasteiger partial charge in [-0.1, -0.05) is 6.58 Å². The second-order valence-electron chi connectivity index (χ2n) is 8.16. The molecule has 0 aliphatic carbocycles. The number of halogens is 1. The Hall–Kier alpha value is -3.89. The molecule has 1 N–H and O–H groups in total. The number of nitrogens with zero attached hydrogens (tertiary/aromatic N) is 3. The van der Waals surface area contributed by atoms with Crippen molar-refractivity contribution in [2.24, 2.45) is 0 Å². The molecule has 1 amide bonds. The Kier molecular flexibility index (Phi) is 8.88. The molecule has 39 heavy (non-hydrogen) atoms. The summed E-state index contributed by atoms with van der Waals surface area (Å²) in [7, 11) is -2.27. The molecule has 0 unspecified atom stereocenters. The first kappa shape index (κ1) is 28.1. The van der Waals surface area contributed by atoms with Crippen molar-refractivity contribution in [1.29, 1.82) is 0 Å². The summed E-state index contributed by atoms with van der Waals surface area (Å²) in [6, 6.07) is 10.1. The third-order valence-corrected chi connectivity index (χ3v) is 7.19. The number of carbonyl (C=O) groups is 1. The molecule has 3 heterocycles. The van der Waals surface area contributed by atoms with E-state index in [0.29, 0.717) is 39.2 Å². The molecule has 0 fully saturated rings. The number of nitrogens with one attached hydrogen (secondary N) is 1. The van der Waals surface area contributed by atoms with Gasteiger partial charge in [0.15, 0.2) is 0 Å². The van der Waals surface area contributed by atoms with Gasteiger partial charge in [-0.2, -0.15) is 4.39 Å². The Morgan fingerprint density at radius 1 is 1.08 bits per heavy atom. The van der Waals surface area contributed by atoms with Gasteiger partial charge in [0.05, 0.1) is 20.3 Å². The molecule has 0 aliphatic rings. The SMILES string of the molecule is C=CC(=O)Nc1cc(OC)cc(-c2cnc3c(c2)c(-c2ccnc(F)c2)cn3COP(=O)(OCC)OCC)c1. The van der Waals surface area contributed by atoms with Gasteiger partial charge in [-0.05, 0) is 55.3 Å². The molecule has 0 radical (unpaired) electrons. The Labute approximate surface area is 225 Å². The quantitative estimate of drug-likeness (QED) is 0.125. The maximum Gasteiger partial charge on any atom is 0.476 e. The number of fused-ring (bicyclic) bond motifs is 1. The summed E-state index contributed by atoms with van der Waals surface area (Å²) in [6.07, 6.45) is 5.92. The van der Waals surface area contributed by atoms with Crippen molar-refractivity contribution in [3.05, 3.63) is 73.6 Å². The van der Waals surface area contributed by atoms with E-state index in [0.717, 1.165) is 5.56 Å². The van der Waals surface area contributed by atoms with Crippen LogP contribution in [0.4, 0.5) is 10.1 Å². The zero-order valence-corrected chi connectivity index (χ0v) is 22.6. The highest BCUT2D eigenvalue weighted by Crippen LogP contribution is 2.49. The fourth-order valence-corrected chi connectivity index (χ4v) is 5.06. The van der Waals surface area contributed by atoms with E-state index in [1.54, 1.807) is 55.1 Å². The molecule has 0 atom stereocenters. The number of phosphoric acid groups is 1. The number of carbonyl (C=O) groups excluding carboxylic acids is 1. The number of methoxy groups -OCH3 is 1. The second-order valence-corrected chi connectivity index (χ2v) is 9.83. The van der Waals surface area contributed by atoms with Crippen LogP contribution in [0.15, 0.2) is 67.6 Å². The summed E-state index contributed by atoms with van der Waals surface area (Å²) in [5, 5.41) is 3.41. The van der Waals surface area contributed by atoms with E-state index in [1.165, 1.54) is 25.4 Å². The van der Waals surface area contributed by atoms with Crippen molar-refractivity contribution in [3.63, 3.8) is 0 Å². The van der Waals surface area contributed by atoms with Crippen molar-refractivity contribution in [2.45, 2.75) is 20.6 Å². The molecule has 0 saturated heterocycles. The largest absolute Gasteiger partial charge is 0.497 e. The summed E-state index contributed by atoms with van der Waals surface area (Å²) in [5.41, 5.74) is 3.64. The summed E-state index contributed by atoms with van der Waals surface area (Å²) >= 11 is 0. The topological polar surface area (TPSA) is 114 Å². The van der Waals surface area contributed by atoms with E-state index < -0.39 is 13.8 Å². The molecule has 0 saturated carbocycles. The number of pyridine rings is 2. The number of benzene rings is 1. The van der Waals surface area contributed by atoms with E-state index in [4.69, 9.17) is 18.3 Å². The molecule has 12 heteroatoms. The van der Waals surface area contributed by atoms with E-state index >= 15 is 0 Å². The van der Waals surface area contributed by atoms with Crippen molar-refractivity contribution in [3.8, 4) is 28.0 Å². The fourth-order valence-electron chi connectivity index (χ4n) is 3.94. The molecule has 1 aromatic carbocycles. The number of ether oxygens (including phenoxy) is 1. The summed E-state index contributed by atoms with van der Waals surface area (Å²) in [5.74, 6) is -0.475. The number of phosphoric ester groups is 1. The Morgan fingerprint density at radius 3 is 2.51 bits per heavy atom. The summed E-state index contributed by atoms with van der Waals surface area (Å²) in [4.78, 5) is 20.2. The van der Waals surface area contributed by atoms with Gasteiger partial charge in [0.25, 0.3) is 0 Å². The lowest BCUT2D eigenvalue weighted by Crippen LogP contribution is -2.07. The minimum atomic E-state index is -3.79. The average Bonchev–Trinajstić information content (AvgIpc) is 3.30. The molecule has 4 rings (SSSR count). The van der Waals surface area contributed by atoms with Crippen LogP contribution < -0.4 is 10.1 Å². The monoisotopic (exact) mass is 554 g/mol. The van der Waals surface area contributed by atoms with E-state index in [2.05, 4.69) is 21.9 Å². The van der Waals surface area contributed by atoms with Gasteiger partial charge in [0.1, 0.15) is 18.1 Å². The van der Waals surface area contributed by atoms with Crippen LogP contribution in [-0.4, -0.2) is 40.8 Å². The molecular weight excluding hydrogens is 526 g/mol. The first-order chi connectivity index (χ1) is 18.8. The first-order valence-corrected chi connectivity index (χ1v) is 13.5. The number of aromatic nitrogens is 3. The zero-order chi connectivity index (χ0) is 28.0. The predicted molar refractivity (Wildman–Crippen MR) is 146 cm³/mol. The van der Waals surface area contributed by atoms with Crippen LogP contribution in [0.2, 0.25) is 0 Å². The maximum atomic E-state index is 14.1. The molecule has 3 aromatic heterocycles. The lowest BCUT2D eigenvalue weighted by molar-refractivity contribution is -0.111. The predicted octanol–water partition coefficient (Wildman–Crippen LogP) is 6.19. The normalized spacial score (nSPS) is 11.5. The van der Waals surface area contributed by atoms with Gasteiger partial charge < -0.3 is 14.6 Å². The highest BCUT2D eigenvalue weighted by Gasteiger charge is 2.26. The number of hydrogen-bond donors (Lipinski definition) is 1. The third-order valence-electron chi connectivity index (χ3n) is 5.61. The van der Waals surface area contributed by atoms with Crippen LogP contribution in [0.25, 0.3) is 33.3 Å². The molecule has 0 bridgehead atoms. The first-order valence-electron chi connectivity index (χ1n) is 12.1. The summed E-state index contributed by atoms with van der Waals surface area (Å²) < 4.78 is 50.0. The lowest BCUT2D eigenvalue weighted by atomic mass is 10.0. The number of anilines is 1. The van der Waals surface area contributed by atoms with Gasteiger partial charge in [0, 0.05) is 52.9 Å². The number of rotatable bonds is 12. The van der Waals surface area contributed by atoms with Crippen molar-refractivity contribution in [2.75, 3.05) is 25.6 Å². The Morgan fingerprint density at radius 2 is 1.85 bits per heavy atom. The highest BCUT2D eigenvalue weighted by molar-refractivity contribution is 7.48. The van der Waals surface area contributed by atoms with Gasteiger partial charge >= 0.3 is 7.82 Å². The minimum absolute atomic E-state index is 0.142. The van der Waals surface area contributed by atoms with Gasteiger partial charge in [-0.3, -0.25) is 18.4 Å². The maximum absolute atomic E-state index is 14.1. The Balaban J connectivity index is 1.82. The molecule has 4 aromatic rings. The van der Waals surface area contributed by atoms with Crippen molar-refractivity contribution in [1.82, 2.24) is 14.5 Å². The van der Waals surface area contributed by atoms with Crippen LogP contribution in [-0.2, 0) is 29.7 Å². The third kappa shape index (κ3) is 6.58. The molecule has 0 spiro atoms. The van der Waals surface area contributed by atoms with Gasteiger partial charge in [0.2, 0.25) is 11.9 Å². The number of hydrogen-bond acceptors (Lipinski definition) is 8. The van der Waals surface area contributed by atoms with E-state index in [1.807, 2.05) is 6.07 Å². The lowest BCUT2D eigenvalue weighted by Gasteiger charge is -2.16. The van der Waals surface area contributed by atoms with Crippen LogP contribution in [0.5, 0.6) is 5.75 Å². The zero-order valence-electron chi connectivity index (χ0n) is 21.7. The fraction of sp³-hybridized carbons (Fsp3) is 0.222. The van der Waals surface area contributed by atoms with E-state index in [-0.39, 0.29) is 25.9 Å². The molecule has 204 valence electrons.